The fourth-order valence-electron chi connectivity index (χ4n) is 2.17. The third-order valence-electron chi connectivity index (χ3n) is 3.57. The van der Waals surface area contributed by atoms with Crippen molar-refractivity contribution in [3.05, 3.63) is 30.3 Å². The molecule has 0 aliphatic heterocycles. The average Bonchev–Trinajstić information content (AvgIpc) is 2.50. The molecule has 5 heteroatoms. The zero-order chi connectivity index (χ0) is 15.8. The van der Waals surface area contributed by atoms with E-state index in [0.29, 0.717) is 0 Å². The molecule has 0 saturated heterocycles. The summed E-state index contributed by atoms with van der Waals surface area (Å²) in [5, 5.41) is 12.0. The molecule has 21 heavy (non-hydrogen) atoms. The van der Waals surface area contributed by atoms with E-state index in [4.69, 9.17) is 5.11 Å². The number of rotatable bonds is 8. The van der Waals surface area contributed by atoms with Crippen LogP contribution in [0.5, 0.6) is 0 Å². The monoisotopic (exact) mass is 292 g/mol. The maximum absolute atomic E-state index is 12.3. The molecule has 0 heterocycles. The first kappa shape index (κ1) is 17.0. The third kappa shape index (κ3) is 5.10. The molecule has 1 atom stereocenters. The van der Waals surface area contributed by atoms with Gasteiger partial charge in [-0.05, 0) is 31.9 Å². The predicted molar refractivity (Wildman–Crippen MR) is 83.4 cm³/mol. The minimum atomic E-state index is -0.957. The first-order valence-electron chi connectivity index (χ1n) is 7.33. The normalized spacial score (nSPS) is 12.0. The van der Waals surface area contributed by atoms with Gasteiger partial charge in [0.05, 0.1) is 0 Å². The highest BCUT2D eigenvalue weighted by Gasteiger charge is 2.24. The fourth-order valence-corrected chi connectivity index (χ4v) is 2.17. The van der Waals surface area contributed by atoms with Crippen molar-refractivity contribution >= 4 is 17.6 Å². The SMILES string of the molecule is CCC(CC)NC(=O)C(C)N(CC(=O)O)c1ccccc1. The molecule has 0 fully saturated rings. The van der Waals surface area contributed by atoms with E-state index < -0.39 is 12.0 Å². The number of para-hydroxylation sites is 1. The zero-order valence-corrected chi connectivity index (χ0v) is 12.9. The summed E-state index contributed by atoms with van der Waals surface area (Å²) in [6.07, 6.45) is 1.72. The van der Waals surface area contributed by atoms with Crippen molar-refractivity contribution in [2.75, 3.05) is 11.4 Å². The van der Waals surface area contributed by atoms with Crippen molar-refractivity contribution in [1.29, 1.82) is 0 Å². The van der Waals surface area contributed by atoms with Crippen LogP contribution >= 0.6 is 0 Å². The lowest BCUT2D eigenvalue weighted by molar-refractivity contribution is -0.135. The molecular formula is C16H24N2O3. The van der Waals surface area contributed by atoms with E-state index in [1.807, 2.05) is 44.2 Å². The number of carbonyl (C=O) groups is 2. The van der Waals surface area contributed by atoms with Gasteiger partial charge in [0.25, 0.3) is 0 Å². The highest BCUT2D eigenvalue weighted by Crippen LogP contribution is 2.16. The Morgan fingerprint density at radius 1 is 1.19 bits per heavy atom. The molecule has 5 nitrogen and oxygen atoms in total. The standard InChI is InChI=1S/C16H24N2O3/c1-4-13(5-2)17-16(21)12(3)18(11-15(19)20)14-9-7-6-8-10-14/h6-10,12-13H,4-5,11H2,1-3H3,(H,17,21)(H,19,20). The Morgan fingerprint density at radius 3 is 2.24 bits per heavy atom. The number of nitrogens with one attached hydrogen (secondary N) is 1. The lowest BCUT2D eigenvalue weighted by atomic mass is 10.1. The van der Waals surface area contributed by atoms with Gasteiger partial charge in [-0.3, -0.25) is 9.59 Å². The van der Waals surface area contributed by atoms with Crippen LogP contribution in [0.15, 0.2) is 30.3 Å². The largest absolute Gasteiger partial charge is 0.480 e. The molecule has 2 N–H and O–H groups in total. The van der Waals surface area contributed by atoms with Gasteiger partial charge in [-0.2, -0.15) is 0 Å². The van der Waals surface area contributed by atoms with Gasteiger partial charge in [0.1, 0.15) is 12.6 Å². The first-order chi connectivity index (χ1) is 9.99. The number of hydrogen-bond acceptors (Lipinski definition) is 3. The third-order valence-corrected chi connectivity index (χ3v) is 3.57. The summed E-state index contributed by atoms with van der Waals surface area (Å²) in [5.74, 6) is -1.10. The van der Waals surface area contributed by atoms with Gasteiger partial charge in [0.15, 0.2) is 0 Å². The summed E-state index contributed by atoms with van der Waals surface area (Å²) in [5.41, 5.74) is 0.729. The lowest BCUT2D eigenvalue weighted by Gasteiger charge is -2.30. The molecule has 1 aromatic rings. The first-order valence-corrected chi connectivity index (χ1v) is 7.33. The maximum Gasteiger partial charge on any atom is 0.323 e. The quantitative estimate of drug-likeness (QED) is 0.771. The molecule has 1 amide bonds. The molecule has 0 aliphatic rings. The number of aliphatic carboxylic acids is 1. The molecule has 0 spiro atoms. The van der Waals surface area contributed by atoms with Crippen LogP contribution in [-0.2, 0) is 9.59 Å². The van der Waals surface area contributed by atoms with Crippen molar-refractivity contribution in [3.8, 4) is 0 Å². The van der Waals surface area contributed by atoms with Gasteiger partial charge in [-0.1, -0.05) is 32.0 Å². The van der Waals surface area contributed by atoms with Gasteiger partial charge in [0.2, 0.25) is 5.91 Å². The highest BCUT2D eigenvalue weighted by molar-refractivity contribution is 5.87. The van der Waals surface area contributed by atoms with Crippen LogP contribution < -0.4 is 10.2 Å². The van der Waals surface area contributed by atoms with Crippen molar-refractivity contribution in [2.45, 2.75) is 45.7 Å². The van der Waals surface area contributed by atoms with Crippen molar-refractivity contribution in [1.82, 2.24) is 5.32 Å². The van der Waals surface area contributed by atoms with Crippen LogP contribution in [0, 0.1) is 0 Å². The number of carbonyl (C=O) groups excluding carboxylic acids is 1. The number of anilines is 1. The highest BCUT2D eigenvalue weighted by atomic mass is 16.4. The van der Waals surface area contributed by atoms with Gasteiger partial charge < -0.3 is 15.3 Å². The second kappa shape index (κ2) is 8.29. The van der Waals surface area contributed by atoms with E-state index in [0.717, 1.165) is 18.5 Å². The van der Waals surface area contributed by atoms with Gasteiger partial charge >= 0.3 is 5.97 Å². The van der Waals surface area contributed by atoms with Gasteiger partial charge in [0, 0.05) is 11.7 Å². The summed E-state index contributed by atoms with van der Waals surface area (Å²) in [6, 6.07) is 8.72. The van der Waals surface area contributed by atoms with Crippen LogP contribution in [0.3, 0.4) is 0 Å². The van der Waals surface area contributed by atoms with E-state index in [1.165, 1.54) is 0 Å². The Kier molecular flexibility index (Phi) is 6.72. The number of hydrogen-bond donors (Lipinski definition) is 2. The summed E-state index contributed by atoms with van der Waals surface area (Å²) >= 11 is 0. The molecule has 1 rings (SSSR count). The van der Waals surface area contributed by atoms with Crippen LogP contribution in [-0.4, -0.2) is 35.6 Å². The van der Waals surface area contributed by atoms with Crippen LogP contribution in [0.2, 0.25) is 0 Å². The fraction of sp³-hybridized carbons (Fsp3) is 0.500. The van der Waals surface area contributed by atoms with E-state index in [-0.39, 0.29) is 18.5 Å². The number of carboxylic acids is 1. The van der Waals surface area contributed by atoms with E-state index in [9.17, 15) is 9.59 Å². The molecule has 0 aliphatic carbocycles. The predicted octanol–water partition coefficient (Wildman–Crippen LogP) is 2.27. The van der Waals surface area contributed by atoms with E-state index in [1.54, 1.807) is 11.8 Å². The van der Waals surface area contributed by atoms with Crippen LogP contribution in [0.1, 0.15) is 33.6 Å². The lowest BCUT2D eigenvalue weighted by Crippen LogP contribution is -2.49. The van der Waals surface area contributed by atoms with Crippen molar-refractivity contribution < 1.29 is 14.7 Å². The molecule has 0 aromatic heterocycles. The number of amides is 1. The summed E-state index contributed by atoms with van der Waals surface area (Å²) in [7, 11) is 0. The van der Waals surface area contributed by atoms with Gasteiger partial charge in [-0.25, -0.2) is 0 Å². The van der Waals surface area contributed by atoms with Crippen LogP contribution in [0.4, 0.5) is 5.69 Å². The number of benzene rings is 1. The van der Waals surface area contributed by atoms with Crippen molar-refractivity contribution in [3.63, 3.8) is 0 Å². The second-order valence-electron chi connectivity index (χ2n) is 5.06. The topological polar surface area (TPSA) is 69.6 Å². The van der Waals surface area contributed by atoms with E-state index >= 15 is 0 Å². The molecule has 1 aromatic carbocycles. The van der Waals surface area contributed by atoms with Crippen molar-refractivity contribution in [2.24, 2.45) is 0 Å². The summed E-state index contributed by atoms with van der Waals surface area (Å²) in [4.78, 5) is 25.0. The molecule has 116 valence electrons. The van der Waals surface area contributed by atoms with E-state index in [2.05, 4.69) is 5.32 Å². The minimum absolute atomic E-state index is 0.127. The maximum atomic E-state index is 12.3. The smallest absolute Gasteiger partial charge is 0.323 e. The van der Waals surface area contributed by atoms with Crippen LogP contribution in [0.25, 0.3) is 0 Å². The zero-order valence-electron chi connectivity index (χ0n) is 12.9. The Hall–Kier alpha value is -2.04. The Bertz CT molecular complexity index is 458. The molecule has 0 radical (unpaired) electrons. The number of nitrogens with zero attached hydrogens (tertiary/aromatic N) is 1. The molecule has 0 bridgehead atoms. The average molecular weight is 292 g/mol. The molecule has 1 unspecified atom stereocenters. The number of carboxylic acid groups (broad SMARTS) is 1. The summed E-state index contributed by atoms with van der Waals surface area (Å²) < 4.78 is 0. The van der Waals surface area contributed by atoms with Gasteiger partial charge in [-0.15, -0.1) is 0 Å². The second-order valence-corrected chi connectivity index (χ2v) is 5.06. The Balaban J connectivity index is 2.87. The Morgan fingerprint density at radius 2 is 1.76 bits per heavy atom. The molecule has 0 saturated carbocycles. The Labute approximate surface area is 126 Å². The minimum Gasteiger partial charge on any atom is -0.480 e. The summed E-state index contributed by atoms with van der Waals surface area (Å²) in [6.45, 7) is 5.56. The molecular weight excluding hydrogens is 268 g/mol.